The molecule has 0 saturated heterocycles. The maximum absolute atomic E-state index is 12.4. The van der Waals surface area contributed by atoms with Crippen LogP contribution in [0.1, 0.15) is 11.9 Å². The fourth-order valence-electron chi connectivity index (χ4n) is 0.659. The van der Waals surface area contributed by atoms with Crippen LogP contribution in [0, 0.1) is 0 Å². The Kier molecular flexibility index (Phi) is 1.95. The predicted molar refractivity (Wildman–Crippen MR) is 32.9 cm³/mol. The molecule has 1 atom stereocenters. The van der Waals surface area contributed by atoms with Crippen molar-refractivity contribution >= 4 is 5.82 Å². The van der Waals surface area contributed by atoms with E-state index in [1.165, 1.54) is 0 Å². The number of nitrogens with two attached hydrogens (primary N) is 1. The van der Waals surface area contributed by atoms with Gasteiger partial charge in [0.05, 0.1) is 5.69 Å². The van der Waals surface area contributed by atoms with E-state index in [4.69, 9.17) is 5.73 Å². The summed E-state index contributed by atoms with van der Waals surface area (Å²) in [5.74, 6) is -0.170. The number of nitrogens with one attached hydrogen (secondary N) is 1. The Hall–Kier alpha value is -1.27. The molecule has 0 amide bonds. The molecule has 0 fully saturated rings. The molecule has 3 N–H and O–H groups in total. The summed E-state index contributed by atoms with van der Waals surface area (Å²) in [4.78, 5) is 0. The molecule has 0 spiro atoms. The highest BCUT2D eigenvalue weighted by Gasteiger charge is 2.42. The van der Waals surface area contributed by atoms with E-state index >= 15 is 0 Å². The predicted octanol–water partition coefficient (Wildman–Crippen LogP) is 1.56. The van der Waals surface area contributed by atoms with Gasteiger partial charge in [-0.2, -0.15) is 18.3 Å². The molecule has 0 aromatic carbocycles. The average molecular weight is 183 g/mol. The molecule has 0 aliphatic heterocycles. The largest absolute Gasteiger partial charge is 0.425 e. The van der Waals surface area contributed by atoms with Crippen molar-refractivity contribution in [2.24, 2.45) is 0 Å². The highest BCUT2D eigenvalue weighted by Crippen LogP contribution is 2.35. The van der Waals surface area contributed by atoms with Gasteiger partial charge < -0.3 is 5.73 Å². The molecule has 0 aliphatic carbocycles. The Morgan fingerprint density at radius 1 is 1.50 bits per heavy atom. The van der Waals surface area contributed by atoms with Crippen LogP contribution in [0.2, 0.25) is 0 Å². The van der Waals surface area contributed by atoms with Crippen molar-refractivity contribution in [2.45, 2.75) is 12.3 Å². The van der Waals surface area contributed by atoms with Gasteiger partial charge in [-0.3, -0.25) is 5.10 Å². The van der Waals surface area contributed by atoms with Gasteiger partial charge in [-0.25, -0.2) is 4.39 Å². The number of nitrogen functional groups attached to an aromatic ring is 1. The summed E-state index contributed by atoms with van der Waals surface area (Å²) in [6.45, 7) is 0. The second-order valence-electron chi connectivity index (χ2n) is 2.15. The van der Waals surface area contributed by atoms with Crippen molar-refractivity contribution in [3.8, 4) is 0 Å². The molecule has 0 radical (unpaired) electrons. The number of H-pyrrole nitrogens is 1. The fraction of sp³-hybridized carbons (Fsp3) is 0.400. The minimum Gasteiger partial charge on any atom is -0.382 e. The zero-order chi connectivity index (χ0) is 9.35. The Bertz CT molecular complexity index is 266. The van der Waals surface area contributed by atoms with Crippen LogP contribution in [0.5, 0.6) is 0 Å². The Morgan fingerprint density at radius 2 is 2.08 bits per heavy atom. The summed E-state index contributed by atoms with van der Waals surface area (Å²) in [5, 5.41) is 5.01. The van der Waals surface area contributed by atoms with Crippen molar-refractivity contribution in [3.05, 3.63) is 11.8 Å². The third-order valence-corrected chi connectivity index (χ3v) is 1.18. The van der Waals surface area contributed by atoms with Crippen molar-refractivity contribution in [1.82, 2.24) is 10.2 Å². The molecule has 0 bridgehead atoms. The highest BCUT2D eigenvalue weighted by molar-refractivity contribution is 5.29. The molecule has 1 unspecified atom stereocenters. The zero-order valence-electron chi connectivity index (χ0n) is 5.69. The molecule has 1 heterocycles. The standard InChI is InChI=1S/C5H5F4N3/c6-4(5(7,8)9)2-1-3(10)12-11-2/h1,4H,(H3,10,11,12). The van der Waals surface area contributed by atoms with Crippen LogP contribution in [0.15, 0.2) is 6.07 Å². The summed E-state index contributed by atoms with van der Waals surface area (Å²) in [6.07, 6.45) is -7.97. The van der Waals surface area contributed by atoms with Gasteiger partial charge in [-0.05, 0) is 0 Å². The number of hydrogen-bond donors (Lipinski definition) is 2. The molecule has 1 aromatic heterocycles. The number of rotatable bonds is 1. The number of anilines is 1. The van der Waals surface area contributed by atoms with E-state index in [-0.39, 0.29) is 5.82 Å². The van der Waals surface area contributed by atoms with Crippen molar-refractivity contribution in [3.63, 3.8) is 0 Å². The first-order chi connectivity index (χ1) is 5.41. The van der Waals surface area contributed by atoms with Gasteiger partial charge in [0.2, 0.25) is 6.17 Å². The lowest BCUT2D eigenvalue weighted by Crippen LogP contribution is -2.16. The Labute approximate surface area is 64.6 Å². The van der Waals surface area contributed by atoms with E-state index in [0.717, 1.165) is 6.07 Å². The van der Waals surface area contributed by atoms with Crippen LogP contribution < -0.4 is 5.73 Å². The Morgan fingerprint density at radius 3 is 2.42 bits per heavy atom. The van der Waals surface area contributed by atoms with Gasteiger partial charge in [-0.15, -0.1) is 0 Å². The molecule has 0 saturated carbocycles. The van der Waals surface area contributed by atoms with Crippen molar-refractivity contribution < 1.29 is 17.6 Å². The van der Waals surface area contributed by atoms with Gasteiger partial charge in [-0.1, -0.05) is 0 Å². The van der Waals surface area contributed by atoms with E-state index in [1.807, 2.05) is 5.10 Å². The number of halogens is 4. The normalized spacial score (nSPS) is 14.7. The van der Waals surface area contributed by atoms with Crippen molar-refractivity contribution in [2.75, 3.05) is 5.73 Å². The average Bonchev–Trinajstić information content (AvgIpc) is 2.32. The van der Waals surface area contributed by atoms with Gasteiger partial charge in [0.15, 0.2) is 0 Å². The SMILES string of the molecule is Nc1cc(C(F)C(F)(F)F)[nH]n1. The number of aromatic nitrogens is 2. The van der Waals surface area contributed by atoms with E-state index in [1.54, 1.807) is 0 Å². The minimum atomic E-state index is -4.92. The van der Waals surface area contributed by atoms with Crippen LogP contribution in [0.25, 0.3) is 0 Å². The molecular weight excluding hydrogens is 178 g/mol. The smallest absolute Gasteiger partial charge is 0.382 e. The van der Waals surface area contributed by atoms with Crippen LogP contribution in [0.4, 0.5) is 23.4 Å². The van der Waals surface area contributed by atoms with E-state index in [0.29, 0.717) is 0 Å². The van der Waals surface area contributed by atoms with Gasteiger partial charge in [0.25, 0.3) is 0 Å². The summed E-state index contributed by atoms with van der Waals surface area (Å²) >= 11 is 0. The Balaban J connectivity index is 2.85. The first kappa shape index (κ1) is 8.82. The van der Waals surface area contributed by atoms with Crippen molar-refractivity contribution in [1.29, 1.82) is 0 Å². The summed E-state index contributed by atoms with van der Waals surface area (Å²) in [6, 6.07) is 0.804. The third-order valence-electron chi connectivity index (χ3n) is 1.18. The van der Waals surface area contributed by atoms with Crippen LogP contribution in [-0.4, -0.2) is 16.4 Å². The van der Waals surface area contributed by atoms with E-state index < -0.39 is 18.0 Å². The van der Waals surface area contributed by atoms with Gasteiger partial charge in [0.1, 0.15) is 5.82 Å². The lowest BCUT2D eigenvalue weighted by molar-refractivity contribution is -0.183. The second kappa shape index (κ2) is 2.65. The summed E-state index contributed by atoms with van der Waals surface area (Å²) in [7, 11) is 0. The molecule has 0 aliphatic rings. The molecule has 1 rings (SSSR count). The first-order valence-electron chi connectivity index (χ1n) is 2.93. The minimum absolute atomic E-state index is 0.170. The third kappa shape index (κ3) is 1.66. The lowest BCUT2D eigenvalue weighted by atomic mass is 10.3. The second-order valence-corrected chi connectivity index (χ2v) is 2.15. The van der Waals surface area contributed by atoms with Gasteiger partial charge in [0, 0.05) is 6.07 Å². The van der Waals surface area contributed by atoms with Crippen LogP contribution >= 0.6 is 0 Å². The molecular formula is C5H5F4N3. The maximum atomic E-state index is 12.4. The highest BCUT2D eigenvalue weighted by atomic mass is 19.4. The monoisotopic (exact) mass is 183 g/mol. The van der Waals surface area contributed by atoms with Gasteiger partial charge >= 0.3 is 6.18 Å². The quantitative estimate of drug-likeness (QED) is 0.649. The van der Waals surface area contributed by atoms with Crippen LogP contribution in [-0.2, 0) is 0 Å². The molecule has 1 aromatic rings. The summed E-state index contributed by atoms with van der Waals surface area (Å²) in [5.41, 5.74) is 4.30. The summed E-state index contributed by atoms with van der Waals surface area (Å²) < 4.78 is 47.4. The topological polar surface area (TPSA) is 54.7 Å². The maximum Gasteiger partial charge on any atom is 0.425 e. The first-order valence-corrected chi connectivity index (χ1v) is 2.93. The molecule has 68 valence electrons. The number of nitrogens with zero attached hydrogens (tertiary/aromatic N) is 1. The van der Waals surface area contributed by atoms with E-state index in [2.05, 4.69) is 5.10 Å². The number of hydrogen-bond acceptors (Lipinski definition) is 2. The lowest BCUT2D eigenvalue weighted by Gasteiger charge is -2.08. The molecule has 7 heteroatoms. The number of aromatic amines is 1. The number of alkyl halides is 4. The van der Waals surface area contributed by atoms with Crippen LogP contribution in [0.3, 0.4) is 0 Å². The molecule has 12 heavy (non-hydrogen) atoms. The van der Waals surface area contributed by atoms with E-state index in [9.17, 15) is 17.6 Å². The zero-order valence-corrected chi connectivity index (χ0v) is 5.69. The molecule has 3 nitrogen and oxygen atoms in total. The fourth-order valence-corrected chi connectivity index (χ4v) is 0.659.